The second-order valence-electron chi connectivity index (χ2n) is 14.0. The summed E-state index contributed by atoms with van der Waals surface area (Å²) in [6.07, 6.45) is 8.14. The normalized spacial score (nSPS) is 14.3. The Kier molecular flexibility index (Phi) is 10.6. The molecule has 0 radical (unpaired) electrons. The average molecular weight is 719 g/mol. The standard InChI is InChI=1S/C21H25.C14H11Cl.C5H5.2ClH.Zr/c1-20(2,3)16-7-9-18-14(12-16)11-15-13-17(21(4,5)6)8-10-19(15)18;1-11-5-7-12(8-6-11)9-13-3-2-4-14(15)10-13;1-2-4-5-3-1;;;/h7-13H,1-6H3;2-8,10H,1H3;1-3H,4H2;2*1H;/q;;;;;+2/p-2. The molecule has 0 nitrogen and oxygen atoms in total. The van der Waals surface area contributed by atoms with Crippen molar-refractivity contribution in [1.29, 1.82) is 0 Å². The molecule has 0 atom stereocenters. The van der Waals surface area contributed by atoms with Crippen LogP contribution in [-0.2, 0) is 32.1 Å². The van der Waals surface area contributed by atoms with Gasteiger partial charge in [0.15, 0.2) is 0 Å². The summed E-state index contributed by atoms with van der Waals surface area (Å²) >= 11 is 3.95. The first-order valence-corrected chi connectivity index (χ1v) is 19.4. The van der Waals surface area contributed by atoms with E-state index in [2.05, 4.69) is 146 Å². The third-order valence-corrected chi connectivity index (χ3v) is 17.4. The fraction of sp³-hybridized carbons (Fsp3) is 0.275. The summed E-state index contributed by atoms with van der Waals surface area (Å²) in [5.41, 5.74) is 12.8. The van der Waals surface area contributed by atoms with Gasteiger partial charge in [-0.2, -0.15) is 0 Å². The van der Waals surface area contributed by atoms with Gasteiger partial charge in [0.05, 0.1) is 0 Å². The maximum absolute atomic E-state index is 6.71. The Labute approximate surface area is 289 Å². The molecule has 6 rings (SSSR count). The Bertz CT molecular complexity index is 1710. The van der Waals surface area contributed by atoms with Crippen molar-refractivity contribution < 1.29 is 46.1 Å². The molecule has 0 heterocycles. The number of allylic oxidation sites excluding steroid dienone is 4. The molecule has 4 heteroatoms. The van der Waals surface area contributed by atoms with Gasteiger partial charge >= 0.3 is 267 Å². The molecule has 0 fully saturated rings. The maximum Gasteiger partial charge on any atom is -1.00 e. The van der Waals surface area contributed by atoms with Crippen LogP contribution in [0, 0.1) is 6.92 Å². The van der Waals surface area contributed by atoms with Crippen LogP contribution in [0.5, 0.6) is 0 Å². The number of hydrogen-bond acceptors (Lipinski definition) is 0. The van der Waals surface area contributed by atoms with E-state index >= 15 is 0 Å². The summed E-state index contributed by atoms with van der Waals surface area (Å²) in [4.78, 5) is 0. The molecule has 2 aliphatic rings. The minimum absolute atomic E-state index is 0. The quantitative estimate of drug-likeness (QED) is 0.277. The van der Waals surface area contributed by atoms with E-state index in [1.807, 2.05) is 6.07 Å². The van der Waals surface area contributed by atoms with Gasteiger partial charge < -0.3 is 24.8 Å². The topological polar surface area (TPSA) is 0 Å². The van der Waals surface area contributed by atoms with E-state index in [9.17, 15) is 0 Å². The minimum Gasteiger partial charge on any atom is -1.00 e. The molecule has 0 bridgehead atoms. The summed E-state index contributed by atoms with van der Waals surface area (Å²) in [5.74, 6) is 0. The summed E-state index contributed by atoms with van der Waals surface area (Å²) in [5, 5.41) is 0.802. The third kappa shape index (κ3) is 6.73. The Morgan fingerprint density at radius 3 is 1.75 bits per heavy atom. The summed E-state index contributed by atoms with van der Waals surface area (Å²) < 4.78 is 3.57. The van der Waals surface area contributed by atoms with E-state index in [0.717, 1.165) is 11.4 Å². The van der Waals surface area contributed by atoms with Gasteiger partial charge in [0.1, 0.15) is 0 Å². The zero-order chi connectivity index (χ0) is 29.8. The van der Waals surface area contributed by atoms with E-state index in [1.165, 1.54) is 50.1 Å². The molecule has 4 aromatic carbocycles. The van der Waals surface area contributed by atoms with E-state index in [0.29, 0.717) is 3.63 Å². The van der Waals surface area contributed by atoms with Crippen LogP contribution < -0.4 is 24.8 Å². The molecule has 2 aliphatic carbocycles. The molecule has 0 spiro atoms. The van der Waals surface area contributed by atoms with Crippen LogP contribution in [0.3, 0.4) is 0 Å². The minimum atomic E-state index is -2.76. The number of halogens is 3. The summed E-state index contributed by atoms with van der Waals surface area (Å²) in [6, 6.07) is 32.5. The fourth-order valence-electron chi connectivity index (χ4n) is 6.48. The smallest absolute Gasteiger partial charge is 1.00 e. The number of aryl methyl sites for hydroxylation is 1. The Morgan fingerprint density at radius 2 is 1.27 bits per heavy atom. The van der Waals surface area contributed by atoms with Crippen molar-refractivity contribution in [2.75, 3.05) is 0 Å². The molecule has 226 valence electrons. The predicted octanol–water partition coefficient (Wildman–Crippen LogP) is 5.05. The van der Waals surface area contributed by atoms with Crippen molar-refractivity contribution >= 4 is 14.8 Å². The van der Waals surface area contributed by atoms with Crippen LogP contribution in [0.15, 0.2) is 106 Å². The van der Waals surface area contributed by atoms with Crippen molar-refractivity contribution in [3.8, 4) is 11.1 Å². The Hall–Kier alpha value is -2.02. The van der Waals surface area contributed by atoms with E-state index in [-0.39, 0.29) is 35.6 Å². The van der Waals surface area contributed by atoms with Gasteiger partial charge in [-0.3, -0.25) is 0 Å². The average Bonchev–Trinajstić information content (AvgIpc) is 3.58. The van der Waals surface area contributed by atoms with Crippen LogP contribution in [0.4, 0.5) is 0 Å². The molecule has 0 saturated carbocycles. The van der Waals surface area contributed by atoms with Crippen molar-refractivity contribution in [3.63, 3.8) is 0 Å². The van der Waals surface area contributed by atoms with Crippen molar-refractivity contribution in [3.05, 3.63) is 150 Å². The number of benzene rings is 4. The van der Waals surface area contributed by atoms with Crippen molar-refractivity contribution in [1.82, 2.24) is 0 Å². The zero-order valence-corrected chi connectivity index (χ0v) is 31.5. The summed E-state index contributed by atoms with van der Waals surface area (Å²) in [6.45, 7) is 16.2. The SMILES string of the molecule is Cc1ccc(/[C](c2cccc(Cl)c2)=[Zr+2](\[C]2=CC=CC2)[CH]2c3cc(C(C)(C)C)ccc3-c3ccc(C(C)(C)C)cc32)cc1.[Cl-].[Cl-]. The maximum atomic E-state index is 6.71. The summed E-state index contributed by atoms with van der Waals surface area (Å²) in [7, 11) is 0. The largest absolute Gasteiger partial charge is 1.00 e. The molecule has 0 unspecified atom stereocenters. The molecular weight excluding hydrogens is 678 g/mol. The van der Waals surface area contributed by atoms with Gasteiger partial charge in [0, 0.05) is 0 Å². The fourth-order valence-corrected chi connectivity index (χ4v) is 15.6. The molecule has 0 saturated heterocycles. The number of hydrogen-bond donors (Lipinski definition) is 0. The van der Waals surface area contributed by atoms with Crippen molar-refractivity contribution in [2.45, 2.75) is 69.3 Å². The first-order chi connectivity index (χ1) is 19.9. The van der Waals surface area contributed by atoms with Crippen LogP contribution in [0.2, 0.25) is 5.02 Å². The molecule has 0 aliphatic heterocycles. The van der Waals surface area contributed by atoms with Crippen molar-refractivity contribution in [2.24, 2.45) is 0 Å². The Morgan fingerprint density at radius 1 is 0.705 bits per heavy atom. The van der Waals surface area contributed by atoms with E-state index in [4.69, 9.17) is 11.6 Å². The second kappa shape index (κ2) is 13.4. The molecule has 44 heavy (non-hydrogen) atoms. The Balaban J connectivity index is 0.00000221. The molecular formula is C40H41Cl3Zr. The first kappa shape index (κ1) is 34.8. The second-order valence-corrected chi connectivity index (χ2v) is 20.7. The van der Waals surface area contributed by atoms with E-state index in [1.54, 1.807) is 6.49 Å². The van der Waals surface area contributed by atoms with Gasteiger partial charge in [-0.15, -0.1) is 0 Å². The third-order valence-electron chi connectivity index (χ3n) is 8.88. The number of fused-ring (bicyclic) bond motifs is 3. The molecule has 4 aromatic rings. The molecule has 0 aromatic heterocycles. The van der Waals surface area contributed by atoms with Gasteiger partial charge in [-0.25, -0.2) is 0 Å². The van der Waals surface area contributed by atoms with Crippen LogP contribution in [-0.4, -0.2) is 3.21 Å². The predicted molar refractivity (Wildman–Crippen MR) is 179 cm³/mol. The van der Waals surface area contributed by atoms with Gasteiger partial charge in [-0.1, -0.05) is 0 Å². The van der Waals surface area contributed by atoms with Gasteiger partial charge in [0.25, 0.3) is 0 Å². The van der Waals surface area contributed by atoms with E-state index < -0.39 is 21.3 Å². The van der Waals surface area contributed by atoms with Crippen LogP contribution >= 0.6 is 11.6 Å². The van der Waals surface area contributed by atoms with Gasteiger partial charge in [-0.05, 0) is 0 Å². The van der Waals surface area contributed by atoms with Gasteiger partial charge in [0.2, 0.25) is 0 Å². The zero-order valence-electron chi connectivity index (χ0n) is 26.7. The first-order valence-electron chi connectivity index (χ1n) is 15.1. The molecule has 0 amide bonds. The van der Waals surface area contributed by atoms with Crippen LogP contribution in [0.1, 0.15) is 90.5 Å². The molecule has 0 N–H and O–H groups in total. The number of rotatable bonds is 4. The van der Waals surface area contributed by atoms with Crippen LogP contribution in [0.25, 0.3) is 11.1 Å². The monoisotopic (exact) mass is 716 g/mol.